The minimum atomic E-state index is -0.0131. The monoisotopic (exact) mass is 647 g/mol. The van der Waals surface area contributed by atoms with Crippen LogP contribution in [0.3, 0.4) is 0 Å². The van der Waals surface area contributed by atoms with Crippen molar-refractivity contribution in [2.75, 3.05) is 26.2 Å². The van der Waals surface area contributed by atoms with Gasteiger partial charge in [0.05, 0.1) is 18.9 Å². The number of nitrogens with zero attached hydrogens (tertiary/aromatic N) is 2. The second-order valence-electron chi connectivity index (χ2n) is 14.6. The predicted octanol–water partition coefficient (Wildman–Crippen LogP) is 13.5. The summed E-state index contributed by atoms with van der Waals surface area (Å²) < 4.78 is 5.58. The van der Waals surface area contributed by atoms with Gasteiger partial charge in [0.1, 0.15) is 6.61 Å². The topological polar surface area (TPSA) is 41.9 Å². The zero-order valence-corrected chi connectivity index (χ0v) is 31.6. The molecule has 0 aromatic carbocycles. The highest BCUT2D eigenvalue weighted by Crippen LogP contribution is 2.17. The van der Waals surface area contributed by atoms with Crippen molar-refractivity contribution in [1.82, 2.24) is 4.90 Å². The Hall–Kier alpha value is -1.06. The molecule has 0 saturated heterocycles. The van der Waals surface area contributed by atoms with Crippen molar-refractivity contribution in [3.05, 3.63) is 0 Å². The summed E-state index contributed by atoms with van der Waals surface area (Å²) in [5, 5.41) is 0. The third kappa shape index (κ3) is 29.1. The molecular weight excluding hydrogens is 564 g/mol. The summed E-state index contributed by atoms with van der Waals surface area (Å²) in [5.74, 6) is 1.24. The van der Waals surface area contributed by atoms with E-state index >= 15 is 0 Å². The van der Waals surface area contributed by atoms with E-state index in [9.17, 15) is 4.79 Å². The molecule has 0 aromatic heterocycles. The number of carbonyl (C=O) groups excluding carboxylic acids is 1. The van der Waals surface area contributed by atoms with Crippen LogP contribution in [-0.4, -0.2) is 42.9 Å². The highest BCUT2D eigenvalue weighted by Gasteiger charge is 2.16. The van der Waals surface area contributed by atoms with Crippen molar-refractivity contribution in [2.45, 2.75) is 232 Å². The van der Waals surface area contributed by atoms with Crippen LogP contribution in [0.1, 0.15) is 232 Å². The van der Waals surface area contributed by atoms with Crippen molar-refractivity contribution in [2.24, 2.45) is 4.99 Å². The highest BCUT2D eigenvalue weighted by atomic mass is 16.5. The molecular formula is C42H82N2O2. The van der Waals surface area contributed by atoms with Crippen LogP contribution in [0.25, 0.3) is 0 Å². The Balaban J connectivity index is 1.83. The molecule has 0 spiro atoms. The van der Waals surface area contributed by atoms with Gasteiger partial charge < -0.3 is 9.64 Å². The average molecular weight is 647 g/mol. The van der Waals surface area contributed by atoms with Crippen LogP contribution in [0.2, 0.25) is 0 Å². The van der Waals surface area contributed by atoms with E-state index in [-0.39, 0.29) is 5.97 Å². The van der Waals surface area contributed by atoms with Gasteiger partial charge in [-0.3, -0.25) is 9.79 Å². The highest BCUT2D eigenvalue weighted by molar-refractivity contribution is 5.83. The van der Waals surface area contributed by atoms with Gasteiger partial charge in [0.15, 0.2) is 0 Å². The lowest BCUT2D eigenvalue weighted by molar-refractivity contribution is -0.143. The minimum absolute atomic E-state index is 0.0131. The Morgan fingerprint density at radius 3 is 1.26 bits per heavy atom. The van der Waals surface area contributed by atoms with Crippen molar-refractivity contribution in [3.8, 4) is 0 Å². The standard InChI is InChI=1S/C42H82N2O2/c1-3-5-7-9-11-13-15-17-19-21-23-25-27-29-31-33-35-41-43-37-38-44(41)39-40-46-42(45)36-34-32-30-28-26-24-22-20-18-16-14-12-10-8-6-4-2/h3-40H2,1-2H3. The molecule has 1 rings (SSSR count). The molecule has 1 heterocycles. The largest absolute Gasteiger partial charge is 0.464 e. The lowest BCUT2D eigenvalue weighted by atomic mass is 10.0. The summed E-state index contributed by atoms with van der Waals surface area (Å²) >= 11 is 0. The Morgan fingerprint density at radius 2 is 0.870 bits per heavy atom. The van der Waals surface area contributed by atoms with E-state index < -0.39 is 0 Å². The number of esters is 1. The maximum Gasteiger partial charge on any atom is 0.305 e. The average Bonchev–Trinajstić information content (AvgIpc) is 3.51. The minimum Gasteiger partial charge on any atom is -0.464 e. The molecule has 0 atom stereocenters. The molecule has 272 valence electrons. The van der Waals surface area contributed by atoms with Gasteiger partial charge in [-0.15, -0.1) is 0 Å². The van der Waals surface area contributed by atoms with Crippen molar-refractivity contribution in [3.63, 3.8) is 0 Å². The van der Waals surface area contributed by atoms with Crippen molar-refractivity contribution < 1.29 is 9.53 Å². The molecule has 1 aliphatic heterocycles. The molecule has 0 radical (unpaired) electrons. The first-order chi connectivity index (χ1) is 22.8. The van der Waals surface area contributed by atoms with Crippen LogP contribution >= 0.6 is 0 Å². The van der Waals surface area contributed by atoms with E-state index in [1.54, 1.807) is 0 Å². The van der Waals surface area contributed by atoms with Crippen LogP contribution in [0.5, 0.6) is 0 Å². The third-order valence-corrected chi connectivity index (χ3v) is 10.1. The Bertz CT molecular complexity index is 664. The fraction of sp³-hybridized carbons (Fsp3) is 0.952. The van der Waals surface area contributed by atoms with Gasteiger partial charge >= 0.3 is 5.97 Å². The van der Waals surface area contributed by atoms with Gasteiger partial charge in [-0.1, -0.05) is 206 Å². The predicted molar refractivity (Wildman–Crippen MR) is 203 cm³/mol. The van der Waals surface area contributed by atoms with Gasteiger partial charge in [0.25, 0.3) is 0 Å². The van der Waals surface area contributed by atoms with E-state index in [1.807, 2.05) is 0 Å². The van der Waals surface area contributed by atoms with Crippen LogP contribution in [0, 0.1) is 0 Å². The molecule has 0 bridgehead atoms. The number of rotatable bonds is 37. The van der Waals surface area contributed by atoms with Gasteiger partial charge in [-0.2, -0.15) is 0 Å². The molecule has 0 saturated carbocycles. The molecule has 4 nitrogen and oxygen atoms in total. The Morgan fingerprint density at radius 1 is 0.522 bits per heavy atom. The number of amidine groups is 1. The van der Waals surface area contributed by atoms with Gasteiger partial charge in [0.2, 0.25) is 0 Å². The molecule has 4 heteroatoms. The maximum absolute atomic E-state index is 12.2. The summed E-state index contributed by atoms with van der Waals surface area (Å²) in [6, 6.07) is 0. The van der Waals surface area contributed by atoms with Gasteiger partial charge in [-0.05, 0) is 12.8 Å². The number of hydrogen-bond acceptors (Lipinski definition) is 4. The normalized spacial score (nSPS) is 13.1. The zero-order chi connectivity index (χ0) is 33.0. The smallest absolute Gasteiger partial charge is 0.305 e. The quantitative estimate of drug-likeness (QED) is 0.0498. The lowest BCUT2D eigenvalue weighted by Crippen LogP contribution is -2.31. The molecule has 0 aromatic rings. The number of hydrogen-bond donors (Lipinski definition) is 0. The van der Waals surface area contributed by atoms with Crippen molar-refractivity contribution in [1.29, 1.82) is 0 Å². The van der Waals surface area contributed by atoms with Crippen LogP contribution in [-0.2, 0) is 9.53 Å². The van der Waals surface area contributed by atoms with E-state index in [4.69, 9.17) is 9.73 Å². The third-order valence-electron chi connectivity index (χ3n) is 10.1. The van der Waals surface area contributed by atoms with E-state index in [0.717, 1.165) is 38.9 Å². The summed E-state index contributed by atoms with van der Waals surface area (Å²) in [6.45, 7) is 7.80. The molecule has 0 amide bonds. The van der Waals surface area contributed by atoms with Crippen LogP contribution in [0.4, 0.5) is 0 Å². The SMILES string of the molecule is CCCCCCCCCCCCCCCCCCC(=O)OCCN1CCN=C1CCCCCCCCCCCCCCCCCC. The summed E-state index contributed by atoms with van der Waals surface area (Å²) in [5.41, 5.74) is 0. The number of ether oxygens (including phenoxy) is 1. The fourth-order valence-electron chi connectivity index (χ4n) is 7.00. The van der Waals surface area contributed by atoms with E-state index in [1.165, 1.54) is 198 Å². The maximum atomic E-state index is 12.2. The van der Waals surface area contributed by atoms with E-state index in [2.05, 4.69) is 18.7 Å². The lowest BCUT2D eigenvalue weighted by Gasteiger charge is -2.20. The first kappa shape index (κ1) is 43.0. The number of carbonyl (C=O) groups is 1. The van der Waals surface area contributed by atoms with E-state index in [0.29, 0.717) is 13.0 Å². The summed E-state index contributed by atoms with van der Waals surface area (Å²) in [4.78, 5) is 19.3. The first-order valence-corrected chi connectivity index (χ1v) is 21.2. The fourth-order valence-corrected chi connectivity index (χ4v) is 7.00. The second kappa shape index (κ2) is 35.3. The van der Waals surface area contributed by atoms with Crippen LogP contribution < -0.4 is 0 Å². The Kier molecular flexibility index (Phi) is 32.9. The number of unbranched alkanes of at least 4 members (excludes halogenated alkanes) is 30. The Labute approximate surface area is 289 Å². The van der Waals surface area contributed by atoms with Gasteiger partial charge in [-0.25, -0.2) is 0 Å². The van der Waals surface area contributed by atoms with Crippen molar-refractivity contribution >= 4 is 11.8 Å². The second-order valence-corrected chi connectivity index (χ2v) is 14.6. The zero-order valence-electron chi connectivity index (χ0n) is 31.6. The molecule has 0 N–H and O–H groups in total. The summed E-state index contributed by atoms with van der Waals surface area (Å²) in [6.07, 6.45) is 45.9. The van der Waals surface area contributed by atoms with Gasteiger partial charge in [0, 0.05) is 19.4 Å². The first-order valence-electron chi connectivity index (χ1n) is 21.2. The number of aliphatic imine (C=N–C) groups is 1. The molecule has 1 aliphatic rings. The molecule has 0 unspecified atom stereocenters. The molecule has 46 heavy (non-hydrogen) atoms. The van der Waals surface area contributed by atoms with Crippen LogP contribution in [0.15, 0.2) is 4.99 Å². The molecule has 0 fully saturated rings. The summed E-state index contributed by atoms with van der Waals surface area (Å²) in [7, 11) is 0. The molecule has 0 aliphatic carbocycles.